The van der Waals surface area contributed by atoms with E-state index < -0.39 is 11.7 Å². The van der Waals surface area contributed by atoms with Gasteiger partial charge in [-0.3, -0.25) is 5.32 Å². The molecule has 0 atom stereocenters. The zero-order chi connectivity index (χ0) is 20.0. The van der Waals surface area contributed by atoms with Gasteiger partial charge in [0.15, 0.2) is 7.11 Å². The van der Waals surface area contributed by atoms with E-state index >= 15 is 0 Å². The van der Waals surface area contributed by atoms with E-state index in [1.165, 1.54) is 13.3 Å². The monoisotopic (exact) mass is 375 g/mol. The number of carbonyl (C=O) groups is 1. The average Bonchev–Trinajstić information content (AvgIpc) is 2.61. The van der Waals surface area contributed by atoms with Gasteiger partial charge in [0.25, 0.3) is 4.92 Å². The van der Waals surface area contributed by atoms with E-state index in [9.17, 15) is 9.70 Å². The fourth-order valence-corrected chi connectivity index (χ4v) is 2.09. The zero-order valence-electron chi connectivity index (χ0n) is 15.9. The second-order valence-electron chi connectivity index (χ2n) is 6.41. The quantitative estimate of drug-likeness (QED) is 0.656. The highest BCUT2D eigenvalue weighted by atomic mass is 16.8. The zero-order valence-corrected chi connectivity index (χ0v) is 15.9. The van der Waals surface area contributed by atoms with Crippen molar-refractivity contribution in [3.63, 3.8) is 0 Å². The van der Waals surface area contributed by atoms with Crippen molar-refractivity contribution in [3.8, 4) is 0 Å². The van der Waals surface area contributed by atoms with Crippen LogP contribution in [0.1, 0.15) is 20.8 Å². The highest BCUT2D eigenvalue weighted by Gasteiger charge is 2.23. The van der Waals surface area contributed by atoms with Crippen molar-refractivity contribution in [3.05, 3.63) is 35.4 Å². The molecule has 0 spiro atoms. The number of benzene rings is 1. The van der Waals surface area contributed by atoms with Gasteiger partial charge in [0.2, 0.25) is 11.8 Å². The highest BCUT2D eigenvalue weighted by molar-refractivity contribution is 5.90. The van der Waals surface area contributed by atoms with Gasteiger partial charge in [-0.05, 0) is 32.9 Å². The highest BCUT2D eigenvalue weighted by Crippen LogP contribution is 2.27. The molecule has 0 unspecified atom stereocenters. The summed E-state index contributed by atoms with van der Waals surface area (Å²) in [5.74, 6) is 0.507. The molecule has 10 nitrogen and oxygen atoms in total. The molecular weight excluding hydrogens is 352 g/mol. The fraction of sp³-hybridized carbons (Fsp3) is 0.353. The van der Waals surface area contributed by atoms with Gasteiger partial charge in [0, 0.05) is 7.05 Å². The minimum Gasteiger partial charge on any atom is -0.444 e. The Morgan fingerprint density at radius 2 is 1.85 bits per heavy atom. The second-order valence-corrected chi connectivity index (χ2v) is 6.41. The first kappa shape index (κ1) is 19.9. The van der Waals surface area contributed by atoms with Crippen molar-refractivity contribution in [1.82, 2.24) is 9.97 Å². The van der Waals surface area contributed by atoms with Crippen LogP contribution in [0.25, 0.3) is 0 Å². The molecule has 2 aromatic rings. The van der Waals surface area contributed by atoms with Crippen molar-refractivity contribution >= 4 is 34.9 Å². The molecule has 0 radical (unpaired) electrons. The van der Waals surface area contributed by atoms with Crippen LogP contribution in [0, 0.1) is 4.91 Å². The molecule has 27 heavy (non-hydrogen) atoms. The standard InChI is InChI=1S/C17H22N6O4/c1-17(2,3)27-16(24)21-12-9-7-6-8-11(12)20-15-19-10-13(23(25)26-5)14(18-4)22-15/h6-10H,1-5H3,(H2-,18,19,20,21,22,24,25)/p+1. The number of aromatic nitrogens is 2. The maximum Gasteiger partial charge on any atom is 0.412 e. The molecule has 0 bridgehead atoms. The fourth-order valence-electron chi connectivity index (χ4n) is 2.09. The lowest BCUT2D eigenvalue weighted by atomic mass is 10.2. The number of nitrogens with one attached hydrogen (secondary N) is 3. The Hall–Kier alpha value is -3.43. The van der Waals surface area contributed by atoms with Crippen LogP contribution in [0.15, 0.2) is 30.5 Å². The number of amides is 1. The van der Waals surface area contributed by atoms with E-state index in [4.69, 9.17) is 4.74 Å². The minimum absolute atomic E-state index is 0.130. The Morgan fingerprint density at radius 1 is 1.19 bits per heavy atom. The third-order valence-corrected chi connectivity index (χ3v) is 3.18. The van der Waals surface area contributed by atoms with Gasteiger partial charge in [0.05, 0.1) is 16.3 Å². The molecule has 1 aromatic carbocycles. The lowest BCUT2D eigenvalue weighted by molar-refractivity contribution is -0.736. The Kier molecular flexibility index (Phi) is 6.11. The molecule has 0 fully saturated rings. The Morgan fingerprint density at radius 3 is 2.44 bits per heavy atom. The molecule has 0 aliphatic carbocycles. The average molecular weight is 375 g/mol. The number of hydrogen-bond donors (Lipinski definition) is 3. The third-order valence-electron chi connectivity index (χ3n) is 3.18. The SMILES string of the molecule is CNc1nc(Nc2ccccc2NC(=O)OC(C)(C)C)ncc1[N+](=O)OC. The molecular formula is C17H23N6O4+. The van der Waals surface area contributed by atoms with Gasteiger partial charge in [-0.25, -0.2) is 14.6 Å². The van der Waals surface area contributed by atoms with Crippen LogP contribution >= 0.6 is 0 Å². The minimum atomic E-state index is -0.612. The number of rotatable bonds is 6. The molecule has 1 heterocycles. The number of hydrogen-bond acceptors (Lipinski definition) is 8. The molecule has 1 aromatic heterocycles. The molecule has 0 saturated carbocycles. The molecule has 10 heteroatoms. The summed E-state index contributed by atoms with van der Waals surface area (Å²) in [4.78, 5) is 36.9. The van der Waals surface area contributed by atoms with Gasteiger partial charge in [-0.15, -0.1) is 0 Å². The van der Waals surface area contributed by atoms with E-state index in [2.05, 4.69) is 30.8 Å². The molecule has 144 valence electrons. The first-order valence-corrected chi connectivity index (χ1v) is 8.15. The van der Waals surface area contributed by atoms with E-state index in [0.717, 1.165) is 0 Å². The lowest BCUT2D eigenvalue weighted by Gasteiger charge is -2.20. The summed E-state index contributed by atoms with van der Waals surface area (Å²) in [5, 5.41) is 8.49. The predicted octanol–water partition coefficient (Wildman–Crippen LogP) is 3.58. The van der Waals surface area contributed by atoms with Gasteiger partial charge < -0.3 is 15.4 Å². The topological polar surface area (TPSA) is 117 Å². The largest absolute Gasteiger partial charge is 0.444 e. The van der Waals surface area contributed by atoms with Crippen LogP contribution in [0.5, 0.6) is 0 Å². The molecule has 3 N–H and O–H groups in total. The smallest absolute Gasteiger partial charge is 0.412 e. The van der Waals surface area contributed by atoms with Crippen LogP contribution in [0.3, 0.4) is 0 Å². The van der Waals surface area contributed by atoms with Gasteiger partial charge in [0.1, 0.15) is 11.8 Å². The number of nitrogens with zero attached hydrogens (tertiary/aromatic N) is 3. The Labute approximate surface area is 156 Å². The summed E-state index contributed by atoms with van der Waals surface area (Å²) in [7, 11) is 2.87. The normalized spacial score (nSPS) is 10.7. The Balaban J connectivity index is 2.23. The lowest BCUT2D eigenvalue weighted by Crippen LogP contribution is -2.27. The maximum absolute atomic E-state index is 12.0. The van der Waals surface area contributed by atoms with Crippen LogP contribution in [0.2, 0.25) is 0 Å². The van der Waals surface area contributed by atoms with Crippen molar-refractivity contribution in [2.45, 2.75) is 26.4 Å². The van der Waals surface area contributed by atoms with Crippen molar-refractivity contribution < 1.29 is 19.3 Å². The van der Waals surface area contributed by atoms with Crippen LogP contribution < -0.4 is 16.0 Å². The molecule has 0 aliphatic rings. The molecule has 0 saturated heterocycles. The van der Waals surface area contributed by atoms with E-state index in [-0.39, 0.29) is 17.5 Å². The second kappa shape index (κ2) is 8.30. The number of anilines is 4. The maximum atomic E-state index is 12.0. The Bertz CT molecular complexity index is 834. The number of ether oxygens (including phenoxy) is 1. The number of carbonyl (C=O) groups excluding carboxylic acids is 1. The van der Waals surface area contributed by atoms with Crippen LogP contribution in [-0.2, 0) is 9.57 Å². The van der Waals surface area contributed by atoms with Crippen molar-refractivity contribution in [1.29, 1.82) is 0 Å². The predicted molar refractivity (Wildman–Crippen MR) is 101 cm³/mol. The molecule has 1 amide bonds. The summed E-state index contributed by atoms with van der Waals surface area (Å²) < 4.78 is 5.26. The third kappa shape index (κ3) is 5.53. The van der Waals surface area contributed by atoms with E-state index in [1.807, 2.05) is 0 Å². The molecule has 0 aliphatic heterocycles. The summed E-state index contributed by atoms with van der Waals surface area (Å²) in [6.07, 6.45) is 0.743. The first-order chi connectivity index (χ1) is 12.7. The van der Waals surface area contributed by atoms with E-state index in [0.29, 0.717) is 16.3 Å². The van der Waals surface area contributed by atoms with Crippen molar-refractivity contribution in [2.24, 2.45) is 0 Å². The molecule has 2 rings (SSSR count). The van der Waals surface area contributed by atoms with Crippen molar-refractivity contribution in [2.75, 3.05) is 30.1 Å². The van der Waals surface area contributed by atoms with E-state index in [1.54, 1.807) is 52.1 Å². The van der Waals surface area contributed by atoms with Gasteiger partial charge in [-0.2, -0.15) is 4.98 Å². The summed E-state index contributed by atoms with van der Waals surface area (Å²) >= 11 is 0. The number of para-hydroxylation sites is 2. The van der Waals surface area contributed by atoms with Gasteiger partial charge >= 0.3 is 11.8 Å². The van der Waals surface area contributed by atoms with Crippen LogP contribution in [0.4, 0.5) is 33.6 Å². The summed E-state index contributed by atoms with van der Waals surface area (Å²) in [5.41, 5.74) is 0.570. The summed E-state index contributed by atoms with van der Waals surface area (Å²) in [6, 6.07) is 7.02. The summed E-state index contributed by atoms with van der Waals surface area (Å²) in [6.45, 7) is 5.35. The van der Waals surface area contributed by atoms with Crippen LogP contribution in [-0.4, -0.2) is 40.7 Å². The van der Waals surface area contributed by atoms with Gasteiger partial charge in [-0.1, -0.05) is 12.1 Å². The first-order valence-electron chi connectivity index (χ1n) is 8.15.